The second kappa shape index (κ2) is 7.62. The summed E-state index contributed by atoms with van der Waals surface area (Å²) in [6, 6.07) is 9.67. The number of halogens is 1. The Hall–Kier alpha value is -1.84. The van der Waals surface area contributed by atoms with Crippen LogP contribution < -0.4 is 5.32 Å². The van der Waals surface area contributed by atoms with Crippen LogP contribution in [0, 0.1) is 32.1 Å². The number of hydrogen-bond donors (Lipinski definition) is 1. The van der Waals surface area contributed by atoms with Crippen molar-refractivity contribution in [1.82, 2.24) is 4.98 Å². The van der Waals surface area contributed by atoms with Gasteiger partial charge in [0.25, 0.3) is 0 Å². The number of nitrogens with zero attached hydrogens (tertiary/aromatic N) is 2. The quantitative estimate of drug-likeness (QED) is 0.788. The lowest BCUT2D eigenvalue weighted by Gasteiger charge is -2.09. The van der Waals surface area contributed by atoms with Gasteiger partial charge in [-0.15, -0.1) is 0 Å². The van der Waals surface area contributed by atoms with Gasteiger partial charge in [0.05, 0.1) is 11.3 Å². The predicted octanol–water partition coefficient (Wildman–Crippen LogP) is 4.37. The van der Waals surface area contributed by atoms with Crippen LogP contribution in [-0.4, -0.2) is 16.6 Å². The van der Waals surface area contributed by atoms with Gasteiger partial charge in [-0.25, -0.2) is 4.98 Å². The monoisotopic (exact) mass is 389 g/mol. The molecule has 118 valence electrons. The minimum atomic E-state index is -0.124. The van der Waals surface area contributed by atoms with E-state index in [1.165, 1.54) is 11.8 Å². The molecule has 0 aliphatic rings. The van der Waals surface area contributed by atoms with E-state index in [4.69, 9.17) is 0 Å². The summed E-state index contributed by atoms with van der Waals surface area (Å²) in [5, 5.41) is 12.7. The summed E-state index contributed by atoms with van der Waals surface area (Å²) in [6.07, 6.45) is 0. The number of carbonyl (C=O) groups is 1. The number of benzene rings is 1. The summed E-state index contributed by atoms with van der Waals surface area (Å²) in [5.74, 6) is 0.0845. The summed E-state index contributed by atoms with van der Waals surface area (Å²) in [7, 11) is 0. The summed E-state index contributed by atoms with van der Waals surface area (Å²) in [6.45, 7) is 5.72. The van der Waals surface area contributed by atoms with Gasteiger partial charge in [-0.3, -0.25) is 4.79 Å². The highest BCUT2D eigenvalue weighted by molar-refractivity contribution is 9.10. The molecule has 0 aliphatic heterocycles. The average molecular weight is 390 g/mol. The Labute approximate surface area is 148 Å². The molecule has 0 unspecified atom stereocenters. The molecule has 0 aliphatic carbocycles. The van der Waals surface area contributed by atoms with Crippen LogP contribution in [0.4, 0.5) is 5.69 Å². The van der Waals surface area contributed by atoms with E-state index in [0.29, 0.717) is 10.6 Å². The molecular weight excluding hydrogens is 374 g/mol. The van der Waals surface area contributed by atoms with Gasteiger partial charge >= 0.3 is 0 Å². The lowest BCUT2D eigenvalue weighted by Crippen LogP contribution is -2.14. The number of thioether (sulfide) groups is 1. The van der Waals surface area contributed by atoms with E-state index >= 15 is 0 Å². The molecule has 2 rings (SSSR count). The third kappa shape index (κ3) is 4.57. The maximum atomic E-state index is 12.1. The van der Waals surface area contributed by atoms with Gasteiger partial charge in [-0.2, -0.15) is 5.26 Å². The number of anilines is 1. The van der Waals surface area contributed by atoms with Crippen molar-refractivity contribution < 1.29 is 4.79 Å². The normalized spacial score (nSPS) is 10.2. The van der Waals surface area contributed by atoms with Gasteiger partial charge < -0.3 is 5.32 Å². The van der Waals surface area contributed by atoms with E-state index in [-0.39, 0.29) is 11.7 Å². The van der Waals surface area contributed by atoms with Crippen LogP contribution in [0.15, 0.2) is 33.8 Å². The maximum absolute atomic E-state index is 12.1. The van der Waals surface area contributed by atoms with Gasteiger partial charge in [0.1, 0.15) is 11.1 Å². The molecule has 0 saturated carbocycles. The third-order valence-corrected chi connectivity index (χ3v) is 5.07. The minimum Gasteiger partial charge on any atom is -0.325 e. The van der Waals surface area contributed by atoms with Crippen molar-refractivity contribution in [3.8, 4) is 6.07 Å². The summed E-state index contributed by atoms with van der Waals surface area (Å²) >= 11 is 4.71. The van der Waals surface area contributed by atoms with Crippen molar-refractivity contribution >= 4 is 39.3 Å². The summed E-state index contributed by atoms with van der Waals surface area (Å²) < 4.78 is 1.00. The standard InChI is InChI=1S/C17H16BrN3OS/c1-10-6-12(3)20-17(14(10)8-19)23-9-16(22)21-13-4-5-15(18)11(2)7-13/h4-7H,9H2,1-3H3,(H,21,22). The Kier molecular flexibility index (Phi) is 5.80. The molecule has 0 atom stereocenters. The van der Waals surface area contributed by atoms with E-state index in [1.54, 1.807) is 0 Å². The number of aromatic nitrogens is 1. The number of rotatable bonds is 4. The lowest BCUT2D eigenvalue weighted by molar-refractivity contribution is -0.113. The molecule has 1 aromatic heterocycles. The summed E-state index contributed by atoms with van der Waals surface area (Å²) in [5.41, 5.74) is 4.07. The fourth-order valence-electron chi connectivity index (χ4n) is 2.10. The molecule has 1 N–H and O–H groups in total. The second-order valence-electron chi connectivity index (χ2n) is 5.17. The van der Waals surface area contributed by atoms with Crippen LogP contribution in [0.2, 0.25) is 0 Å². The zero-order valence-electron chi connectivity index (χ0n) is 13.1. The average Bonchev–Trinajstić information content (AvgIpc) is 2.48. The molecule has 0 bridgehead atoms. The first-order valence-electron chi connectivity index (χ1n) is 6.98. The first-order valence-corrected chi connectivity index (χ1v) is 8.75. The van der Waals surface area contributed by atoms with E-state index < -0.39 is 0 Å². The Morgan fingerprint density at radius 2 is 2.04 bits per heavy atom. The van der Waals surface area contributed by atoms with E-state index in [1.807, 2.05) is 45.0 Å². The number of aryl methyl sites for hydroxylation is 3. The highest BCUT2D eigenvalue weighted by Crippen LogP contribution is 2.24. The number of nitriles is 1. The van der Waals surface area contributed by atoms with E-state index in [2.05, 4.69) is 32.3 Å². The lowest BCUT2D eigenvalue weighted by atomic mass is 10.1. The van der Waals surface area contributed by atoms with Crippen LogP contribution in [0.3, 0.4) is 0 Å². The van der Waals surface area contributed by atoms with Crippen molar-refractivity contribution in [2.75, 3.05) is 11.1 Å². The molecule has 6 heteroatoms. The summed E-state index contributed by atoms with van der Waals surface area (Å²) in [4.78, 5) is 16.5. The molecule has 0 radical (unpaired) electrons. The fraction of sp³-hybridized carbons (Fsp3) is 0.235. The van der Waals surface area contributed by atoms with Crippen molar-refractivity contribution in [2.45, 2.75) is 25.8 Å². The maximum Gasteiger partial charge on any atom is 0.234 e. The van der Waals surface area contributed by atoms with Gasteiger partial charge in [-0.1, -0.05) is 27.7 Å². The highest BCUT2D eigenvalue weighted by Gasteiger charge is 2.12. The van der Waals surface area contributed by atoms with Gasteiger partial charge in [0.15, 0.2) is 0 Å². The Bertz CT molecular complexity index is 799. The molecule has 0 saturated heterocycles. The van der Waals surface area contributed by atoms with Crippen molar-refractivity contribution in [1.29, 1.82) is 5.26 Å². The largest absolute Gasteiger partial charge is 0.325 e. The van der Waals surface area contributed by atoms with Crippen LogP contribution >= 0.6 is 27.7 Å². The smallest absolute Gasteiger partial charge is 0.234 e. The Morgan fingerprint density at radius 3 is 2.70 bits per heavy atom. The Balaban J connectivity index is 2.05. The molecule has 23 heavy (non-hydrogen) atoms. The number of amides is 1. The highest BCUT2D eigenvalue weighted by atomic mass is 79.9. The molecule has 4 nitrogen and oxygen atoms in total. The molecule has 2 aromatic rings. The van der Waals surface area contributed by atoms with Gasteiger partial charge in [0.2, 0.25) is 5.91 Å². The Morgan fingerprint density at radius 1 is 1.30 bits per heavy atom. The van der Waals surface area contributed by atoms with Gasteiger partial charge in [-0.05, 0) is 56.2 Å². The van der Waals surface area contributed by atoms with Crippen LogP contribution in [0.25, 0.3) is 0 Å². The van der Waals surface area contributed by atoms with E-state index in [0.717, 1.165) is 27.0 Å². The van der Waals surface area contributed by atoms with Crippen molar-refractivity contribution in [3.05, 3.63) is 51.1 Å². The zero-order chi connectivity index (χ0) is 17.0. The second-order valence-corrected chi connectivity index (χ2v) is 6.99. The topological polar surface area (TPSA) is 65.8 Å². The van der Waals surface area contributed by atoms with E-state index in [9.17, 15) is 10.1 Å². The van der Waals surface area contributed by atoms with Crippen LogP contribution in [0.5, 0.6) is 0 Å². The molecule has 0 fully saturated rings. The molecular formula is C17H16BrN3OS. The van der Waals surface area contributed by atoms with Gasteiger partial charge in [0, 0.05) is 15.9 Å². The predicted molar refractivity (Wildman–Crippen MR) is 96.7 cm³/mol. The number of nitrogens with one attached hydrogen (secondary N) is 1. The zero-order valence-corrected chi connectivity index (χ0v) is 15.5. The molecule has 1 heterocycles. The molecule has 1 aromatic carbocycles. The SMILES string of the molecule is Cc1cc(C)c(C#N)c(SCC(=O)Nc2ccc(Br)c(C)c2)n1. The van der Waals surface area contributed by atoms with Crippen molar-refractivity contribution in [2.24, 2.45) is 0 Å². The first-order chi connectivity index (χ1) is 10.9. The van der Waals surface area contributed by atoms with Crippen LogP contribution in [0.1, 0.15) is 22.4 Å². The first kappa shape index (κ1) is 17.5. The minimum absolute atomic E-state index is 0.124. The number of hydrogen-bond acceptors (Lipinski definition) is 4. The van der Waals surface area contributed by atoms with Crippen LogP contribution in [-0.2, 0) is 4.79 Å². The fourth-order valence-corrected chi connectivity index (χ4v) is 3.24. The number of carbonyl (C=O) groups excluding carboxylic acids is 1. The third-order valence-electron chi connectivity index (χ3n) is 3.20. The molecule has 1 amide bonds. The molecule has 0 spiro atoms. The van der Waals surface area contributed by atoms with Crippen molar-refractivity contribution in [3.63, 3.8) is 0 Å². The number of pyridine rings is 1.